The van der Waals surface area contributed by atoms with Crippen LogP contribution < -0.4 is 16.0 Å². The molecule has 1 aliphatic rings. The standard InChI is InChI=1S/C23H39N3O2/c1-17(2)24-16-23(4,28)15-14-18(3)25-20-10-12-21(13-11-20)26-22(27)19-8-6-5-7-9-19/h5-9,17-18,20-21,24-25,28H,10-16H2,1-4H3,(H,26,27). The minimum absolute atomic E-state index is 0.0302. The fraction of sp³-hybridized carbons (Fsp3) is 0.696. The first kappa shape index (κ1) is 22.9. The summed E-state index contributed by atoms with van der Waals surface area (Å²) in [6, 6.07) is 11.0. The first-order chi connectivity index (χ1) is 13.2. The van der Waals surface area contributed by atoms with Crippen molar-refractivity contribution in [2.24, 2.45) is 0 Å². The fourth-order valence-electron chi connectivity index (χ4n) is 3.79. The molecular formula is C23H39N3O2. The molecule has 1 aliphatic carbocycles. The number of hydrogen-bond donors (Lipinski definition) is 4. The lowest BCUT2D eigenvalue weighted by molar-refractivity contribution is 0.0439. The van der Waals surface area contributed by atoms with Crippen molar-refractivity contribution in [1.29, 1.82) is 0 Å². The molecule has 2 rings (SSSR count). The Morgan fingerprint density at radius 1 is 1.11 bits per heavy atom. The summed E-state index contributed by atoms with van der Waals surface area (Å²) in [6.07, 6.45) is 5.92. The summed E-state index contributed by atoms with van der Waals surface area (Å²) in [5.41, 5.74) is 0.0648. The molecule has 1 fully saturated rings. The second kappa shape index (κ2) is 10.9. The van der Waals surface area contributed by atoms with Gasteiger partial charge in [0.1, 0.15) is 0 Å². The minimum atomic E-state index is -0.667. The topological polar surface area (TPSA) is 73.4 Å². The number of amides is 1. The van der Waals surface area contributed by atoms with Crippen molar-refractivity contribution in [3.05, 3.63) is 35.9 Å². The number of aliphatic hydroxyl groups is 1. The van der Waals surface area contributed by atoms with E-state index in [1.165, 1.54) is 0 Å². The highest BCUT2D eigenvalue weighted by atomic mass is 16.3. The zero-order chi connectivity index (χ0) is 20.6. The fourth-order valence-corrected chi connectivity index (χ4v) is 3.79. The van der Waals surface area contributed by atoms with E-state index < -0.39 is 5.60 Å². The van der Waals surface area contributed by atoms with E-state index in [4.69, 9.17) is 0 Å². The third kappa shape index (κ3) is 8.29. The second-order valence-electron chi connectivity index (χ2n) is 9.03. The lowest BCUT2D eigenvalue weighted by Gasteiger charge is -2.33. The predicted octanol–water partition coefficient (Wildman–Crippen LogP) is 3.23. The lowest BCUT2D eigenvalue weighted by atomic mass is 9.89. The van der Waals surface area contributed by atoms with Gasteiger partial charge in [0.15, 0.2) is 0 Å². The number of nitrogens with one attached hydrogen (secondary N) is 3. The molecule has 158 valence electrons. The summed E-state index contributed by atoms with van der Waals surface area (Å²) in [6.45, 7) is 8.94. The van der Waals surface area contributed by atoms with E-state index in [2.05, 4.69) is 36.7 Å². The Labute approximate surface area is 170 Å². The summed E-state index contributed by atoms with van der Waals surface area (Å²) in [5, 5.41) is 20.7. The van der Waals surface area contributed by atoms with E-state index in [1.807, 2.05) is 37.3 Å². The normalized spacial score (nSPS) is 23.2. The molecule has 0 saturated heterocycles. The van der Waals surface area contributed by atoms with Crippen LogP contribution in [-0.4, -0.2) is 47.3 Å². The Morgan fingerprint density at radius 3 is 2.32 bits per heavy atom. The number of benzene rings is 1. The molecule has 1 aromatic carbocycles. The lowest BCUT2D eigenvalue weighted by Crippen LogP contribution is -2.45. The molecule has 0 radical (unpaired) electrons. The van der Waals surface area contributed by atoms with Crippen LogP contribution in [0.25, 0.3) is 0 Å². The maximum Gasteiger partial charge on any atom is 0.251 e. The first-order valence-electron chi connectivity index (χ1n) is 10.8. The van der Waals surface area contributed by atoms with Crippen LogP contribution in [0.3, 0.4) is 0 Å². The van der Waals surface area contributed by atoms with Crippen molar-refractivity contribution in [3.63, 3.8) is 0 Å². The van der Waals surface area contributed by atoms with Gasteiger partial charge >= 0.3 is 0 Å². The van der Waals surface area contributed by atoms with Crippen molar-refractivity contribution < 1.29 is 9.90 Å². The molecule has 0 aromatic heterocycles. The van der Waals surface area contributed by atoms with Crippen LogP contribution in [0.1, 0.15) is 76.6 Å². The van der Waals surface area contributed by atoms with Crippen LogP contribution in [0.2, 0.25) is 0 Å². The summed E-state index contributed by atoms with van der Waals surface area (Å²) in [7, 11) is 0. The Hall–Kier alpha value is -1.43. The summed E-state index contributed by atoms with van der Waals surface area (Å²) in [5.74, 6) is 0.0302. The van der Waals surface area contributed by atoms with E-state index in [-0.39, 0.29) is 11.9 Å². The Bertz CT molecular complexity index is 581. The van der Waals surface area contributed by atoms with Crippen molar-refractivity contribution in [3.8, 4) is 0 Å². The molecule has 1 saturated carbocycles. The number of hydrogen-bond acceptors (Lipinski definition) is 4. The molecule has 5 heteroatoms. The van der Waals surface area contributed by atoms with Gasteiger partial charge in [0.25, 0.3) is 5.91 Å². The van der Waals surface area contributed by atoms with E-state index in [0.29, 0.717) is 24.7 Å². The van der Waals surface area contributed by atoms with Gasteiger partial charge in [-0.2, -0.15) is 0 Å². The van der Waals surface area contributed by atoms with Crippen LogP contribution in [-0.2, 0) is 0 Å². The predicted molar refractivity (Wildman–Crippen MR) is 116 cm³/mol. The van der Waals surface area contributed by atoms with Gasteiger partial charge in [-0.25, -0.2) is 0 Å². The quantitative estimate of drug-likeness (QED) is 0.496. The smallest absolute Gasteiger partial charge is 0.251 e. The van der Waals surface area contributed by atoms with Crippen LogP contribution in [0, 0.1) is 0 Å². The molecule has 1 amide bonds. The van der Waals surface area contributed by atoms with Gasteiger partial charge in [-0.05, 0) is 64.5 Å². The highest BCUT2D eigenvalue weighted by Crippen LogP contribution is 2.21. The van der Waals surface area contributed by atoms with Crippen LogP contribution >= 0.6 is 0 Å². The Kier molecular flexibility index (Phi) is 8.93. The molecule has 4 N–H and O–H groups in total. The SMILES string of the molecule is CC(C)NCC(C)(O)CCC(C)NC1CCC(NC(=O)c2ccccc2)CC1. The maximum absolute atomic E-state index is 12.3. The van der Waals surface area contributed by atoms with Gasteiger partial charge in [-0.15, -0.1) is 0 Å². The average molecular weight is 390 g/mol. The van der Waals surface area contributed by atoms with Crippen LogP contribution in [0.15, 0.2) is 30.3 Å². The average Bonchev–Trinajstić information content (AvgIpc) is 2.67. The van der Waals surface area contributed by atoms with Gasteiger partial charge in [0.2, 0.25) is 0 Å². The molecule has 0 heterocycles. The monoisotopic (exact) mass is 389 g/mol. The van der Waals surface area contributed by atoms with Gasteiger partial charge in [-0.3, -0.25) is 4.79 Å². The van der Waals surface area contributed by atoms with E-state index in [1.54, 1.807) is 0 Å². The second-order valence-corrected chi connectivity index (χ2v) is 9.03. The molecule has 1 aromatic rings. The van der Waals surface area contributed by atoms with Gasteiger partial charge in [-0.1, -0.05) is 32.0 Å². The largest absolute Gasteiger partial charge is 0.389 e. The number of carbonyl (C=O) groups excluding carboxylic acids is 1. The molecule has 0 spiro atoms. The zero-order valence-electron chi connectivity index (χ0n) is 18.0. The molecule has 2 atom stereocenters. The van der Waals surface area contributed by atoms with Crippen LogP contribution in [0.4, 0.5) is 0 Å². The van der Waals surface area contributed by atoms with Crippen molar-refractivity contribution >= 4 is 5.91 Å². The minimum Gasteiger partial charge on any atom is -0.389 e. The molecule has 28 heavy (non-hydrogen) atoms. The Balaban J connectivity index is 1.65. The van der Waals surface area contributed by atoms with Gasteiger partial charge < -0.3 is 21.1 Å². The molecule has 0 aliphatic heterocycles. The van der Waals surface area contributed by atoms with Crippen molar-refractivity contribution in [2.75, 3.05) is 6.54 Å². The number of carbonyl (C=O) groups is 1. The molecular weight excluding hydrogens is 350 g/mol. The highest BCUT2D eigenvalue weighted by molar-refractivity contribution is 5.94. The Morgan fingerprint density at radius 2 is 1.71 bits per heavy atom. The molecule has 5 nitrogen and oxygen atoms in total. The van der Waals surface area contributed by atoms with E-state index in [0.717, 1.165) is 44.1 Å². The summed E-state index contributed by atoms with van der Waals surface area (Å²) >= 11 is 0. The zero-order valence-corrected chi connectivity index (χ0v) is 18.0. The third-order valence-corrected chi connectivity index (χ3v) is 5.63. The van der Waals surface area contributed by atoms with Crippen molar-refractivity contribution in [2.45, 2.75) is 96.0 Å². The van der Waals surface area contributed by atoms with Gasteiger partial charge in [0, 0.05) is 36.3 Å². The van der Waals surface area contributed by atoms with Crippen LogP contribution in [0.5, 0.6) is 0 Å². The van der Waals surface area contributed by atoms with Crippen molar-refractivity contribution in [1.82, 2.24) is 16.0 Å². The van der Waals surface area contributed by atoms with E-state index in [9.17, 15) is 9.90 Å². The molecule has 0 bridgehead atoms. The number of rotatable bonds is 10. The first-order valence-corrected chi connectivity index (χ1v) is 10.8. The molecule has 2 unspecified atom stereocenters. The highest BCUT2D eigenvalue weighted by Gasteiger charge is 2.25. The summed E-state index contributed by atoms with van der Waals surface area (Å²) in [4.78, 5) is 12.3. The summed E-state index contributed by atoms with van der Waals surface area (Å²) < 4.78 is 0. The van der Waals surface area contributed by atoms with Gasteiger partial charge in [0.05, 0.1) is 5.60 Å². The van der Waals surface area contributed by atoms with E-state index >= 15 is 0 Å². The third-order valence-electron chi connectivity index (χ3n) is 5.63. The maximum atomic E-state index is 12.3.